The van der Waals surface area contributed by atoms with Gasteiger partial charge in [-0.25, -0.2) is 0 Å². The van der Waals surface area contributed by atoms with E-state index in [1.807, 2.05) is 42.8 Å². The molecule has 0 aliphatic rings. The van der Waals surface area contributed by atoms with Crippen LogP contribution in [0.4, 0.5) is 0 Å². The molecule has 0 bridgehead atoms. The Morgan fingerprint density at radius 1 is 1.25 bits per heavy atom. The number of hydrogen-bond donors (Lipinski definition) is 1. The Morgan fingerprint density at radius 2 is 2.08 bits per heavy atom. The predicted molar refractivity (Wildman–Crippen MR) is 87.5 cm³/mol. The molecule has 3 rings (SSSR count). The molecule has 7 heteroatoms. The lowest BCUT2D eigenvalue weighted by molar-refractivity contribution is 0.0949. The topological polar surface area (TPSA) is 85.8 Å². The minimum atomic E-state index is -0.173. The fourth-order valence-electron chi connectivity index (χ4n) is 2.49. The highest BCUT2D eigenvalue weighted by atomic mass is 16.5. The Kier molecular flexibility index (Phi) is 4.41. The molecule has 2 heterocycles. The summed E-state index contributed by atoms with van der Waals surface area (Å²) in [4.78, 5) is 16.3. The second kappa shape index (κ2) is 6.66. The first-order valence-corrected chi connectivity index (χ1v) is 7.68. The highest BCUT2D eigenvalue weighted by Gasteiger charge is 2.09. The van der Waals surface area contributed by atoms with Crippen molar-refractivity contribution in [2.75, 3.05) is 0 Å². The van der Waals surface area contributed by atoms with Crippen molar-refractivity contribution >= 4 is 5.91 Å². The van der Waals surface area contributed by atoms with Crippen molar-refractivity contribution in [1.82, 2.24) is 25.2 Å². The van der Waals surface area contributed by atoms with E-state index in [1.54, 1.807) is 13.0 Å². The van der Waals surface area contributed by atoms with Gasteiger partial charge in [0, 0.05) is 18.2 Å². The minimum Gasteiger partial charge on any atom is -0.345 e. The average Bonchev–Trinajstić information content (AvgIpc) is 3.10. The molecular weight excluding hydrogens is 306 g/mol. The van der Waals surface area contributed by atoms with Crippen LogP contribution in [0.3, 0.4) is 0 Å². The Hall–Kier alpha value is -2.96. The first-order valence-electron chi connectivity index (χ1n) is 7.68. The number of amides is 1. The van der Waals surface area contributed by atoms with Crippen molar-refractivity contribution in [3.8, 4) is 0 Å². The van der Waals surface area contributed by atoms with Gasteiger partial charge in [0.15, 0.2) is 5.82 Å². The number of nitrogens with one attached hydrogen (secondary N) is 1. The molecule has 0 atom stereocenters. The lowest BCUT2D eigenvalue weighted by Crippen LogP contribution is -2.23. The third-order valence-electron chi connectivity index (χ3n) is 3.60. The minimum absolute atomic E-state index is 0.173. The zero-order valence-corrected chi connectivity index (χ0v) is 13.9. The quantitative estimate of drug-likeness (QED) is 0.777. The molecule has 0 fully saturated rings. The van der Waals surface area contributed by atoms with Crippen LogP contribution in [0, 0.1) is 20.8 Å². The molecule has 7 nitrogen and oxygen atoms in total. The molecule has 3 aromatic rings. The molecule has 124 valence electrons. The van der Waals surface area contributed by atoms with Crippen LogP contribution >= 0.6 is 0 Å². The maximum atomic E-state index is 12.3. The summed E-state index contributed by atoms with van der Waals surface area (Å²) in [5.41, 5.74) is 3.69. The van der Waals surface area contributed by atoms with E-state index in [2.05, 4.69) is 20.6 Å². The summed E-state index contributed by atoms with van der Waals surface area (Å²) < 4.78 is 6.80. The lowest BCUT2D eigenvalue weighted by Gasteiger charge is -2.07. The number of aryl methyl sites for hydroxylation is 3. The highest BCUT2D eigenvalue weighted by molar-refractivity contribution is 5.94. The van der Waals surface area contributed by atoms with Crippen LogP contribution in [-0.4, -0.2) is 25.8 Å². The first-order chi connectivity index (χ1) is 11.5. The molecule has 1 N–H and O–H groups in total. The molecule has 2 aromatic heterocycles. The van der Waals surface area contributed by atoms with Crippen LogP contribution in [0.2, 0.25) is 0 Å². The predicted octanol–water partition coefficient (Wildman–Crippen LogP) is 2.17. The van der Waals surface area contributed by atoms with Crippen molar-refractivity contribution in [3.63, 3.8) is 0 Å². The maximum absolute atomic E-state index is 12.3. The van der Waals surface area contributed by atoms with Crippen molar-refractivity contribution in [2.24, 2.45) is 0 Å². The fourth-order valence-corrected chi connectivity index (χ4v) is 2.49. The SMILES string of the molecule is Cc1cc(C)n(Cc2cccc(C(=O)NCc3noc(C)n3)c2)n1. The molecule has 0 saturated carbocycles. The molecule has 1 amide bonds. The van der Waals surface area contributed by atoms with E-state index in [-0.39, 0.29) is 12.5 Å². The Morgan fingerprint density at radius 3 is 2.75 bits per heavy atom. The van der Waals surface area contributed by atoms with Crippen LogP contribution in [0.25, 0.3) is 0 Å². The van der Waals surface area contributed by atoms with Gasteiger partial charge in [-0.15, -0.1) is 0 Å². The van der Waals surface area contributed by atoms with Crippen LogP contribution in [0.15, 0.2) is 34.9 Å². The summed E-state index contributed by atoms with van der Waals surface area (Å²) in [5.74, 6) is 0.762. The van der Waals surface area contributed by atoms with E-state index in [4.69, 9.17) is 4.52 Å². The smallest absolute Gasteiger partial charge is 0.251 e. The highest BCUT2D eigenvalue weighted by Crippen LogP contribution is 2.10. The van der Waals surface area contributed by atoms with E-state index in [0.29, 0.717) is 23.8 Å². The van der Waals surface area contributed by atoms with Gasteiger partial charge in [0.05, 0.1) is 18.8 Å². The van der Waals surface area contributed by atoms with Crippen LogP contribution in [0.5, 0.6) is 0 Å². The number of aromatic nitrogens is 4. The molecule has 0 saturated heterocycles. The Bertz CT molecular complexity index is 866. The molecule has 0 radical (unpaired) electrons. The van der Waals surface area contributed by atoms with E-state index in [9.17, 15) is 4.79 Å². The standard InChI is InChI=1S/C17H19N5O2/c1-11-7-12(2)22(20-11)10-14-5-4-6-15(8-14)17(23)18-9-16-19-13(3)24-21-16/h4-8H,9-10H2,1-3H3,(H,18,23). The van der Waals surface area contributed by atoms with Gasteiger partial charge in [0.1, 0.15) is 0 Å². The maximum Gasteiger partial charge on any atom is 0.251 e. The number of hydrogen-bond acceptors (Lipinski definition) is 5. The number of rotatable bonds is 5. The molecular formula is C17H19N5O2. The van der Waals surface area contributed by atoms with Crippen LogP contribution in [-0.2, 0) is 13.1 Å². The third-order valence-corrected chi connectivity index (χ3v) is 3.60. The van der Waals surface area contributed by atoms with Gasteiger partial charge in [0.2, 0.25) is 5.89 Å². The first kappa shape index (κ1) is 15.9. The summed E-state index contributed by atoms with van der Waals surface area (Å²) >= 11 is 0. The van der Waals surface area contributed by atoms with E-state index < -0.39 is 0 Å². The monoisotopic (exact) mass is 325 g/mol. The number of carbonyl (C=O) groups excluding carboxylic acids is 1. The van der Waals surface area contributed by atoms with E-state index in [1.165, 1.54) is 0 Å². The second-order valence-corrected chi connectivity index (χ2v) is 5.70. The Labute approximate surface area is 139 Å². The lowest BCUT2D eigenvalue weighted by atomic mass is 10.1. The second-order valence-electron chi connectivity index (χ2n) is 5.70. The van der Waals surface area contributed by atoms with Gasteiger partial charge in [-0.05, 0) is 37.6 Å². The number of nitrogens with zero attached hydrogens (tertiary/aromatic N) is 4. The summed E-state index contributed by atoms with van der Waals surface area (Å²) in [5, 5.41) is 11.0. The average molecular weight is 325 g/mol. The van der Waals surface area contributed by atoms with Gasteiger partial charge >= 0.3 is 0 Å². The summed E-state index contributed by atoms with van der Waals surface area (Å²) in [6, 6.07) is 9.53. The number of carbonyl (C=O) groups is 1. The van der Waals surface area contributed by atoms with Crippen LogP contribution < -0.4 is 5.32 Å². The van der Waals surface area contributed by atoms with Gasteiger partial charge < -0.3 is 9.84 Å². The van der Waals surface area contributed by atoms with E-state index in [0.717, 1.165) is 17.0 Å². The van der Waals surface area contributed by atoms with Crippen LogP contribution in [0.1, 0.15) is 39.0 Å². The fraction of sp³-hybridized carbons (Fsp3) is 0.294. The summed E-state index contributed by atoms with van der Waals surface area (Å²) in [6.45, 7) is 6.56. The van der Waals surface area contributed by atoms with Crippen molar-refractivity contribution < 1.29 is 9.32 Å². The molecule has 0 unspecified atom stereocenters. The largest absolute Gasteiger partial charge is 0.345 e. The summed E-state index contributed by atoms with van der Waals surface area (Å²) in [7, 11) is 0. The zero-order valence-electron chi connectivity index (χ0n) is 13.9. The number of benzene rings is 1. The molecule has 0 aliphatic heterocycles. The van der Waals surface area contributed by atoms with Crippen molar-refractivity contribution in [3.05, 3.63) is 64.6 Å². The Balaban J connectivity index is 1.67. The van der Waals surface area contributed by atoms with Crippen molar-refractivity contribution in [2.45, 2.75) is 33.9 Å². The van der Waals surface area contributed by atoms with Gasteiger partial charge in [-0.2, -0.15) is 10.1 Å². The third kappa shape index (κ3) is 3.68. The summed E-state index contributed by atoms with van der Waals surface area (Å²) in [6.07, 6.45) is 0. The molecule has 0 aliphatic carbocycles. The zero-order chi connectivity index (χ0) is 17.1. The van der Waals surface area contributed by atoms with Crippen molar-refractivity contribution in [1.29, 1.82) is 0 Å². The van der Waals surface area contributed by atoms with Gasteiger partial charge in [0.25, 0.3) is 5.91 Å². The van der Waals surface area contributed by atoms with Gasteiger partial charge in [-0.1, -0.05) is 17.3 Å². The van der Waals surface area contributed by atoms with Gasteiger partial charge in [-0.3, -0.25) is 9.48 Å². The van der Waals surface area contributed by atoms with E-state index >= 15 is 0 Å². The molecule has 0 spiro atoms. The molecule has 24 heavy (non-hydrogen) atoms. The normalized spacial score (nSPS) is 10.8. The molecule has 1 aromatic carbocycles.